The summed E-state index contributed by atoms with van der Waals surface area (Å²) in [7, 11) is 0. The first-order valence-corrected chi connectivity index (χ1v) is 19.2. The van der Waals surface area contributed by atoms with E-state index in [1.54, 1.807) is 0 Å². The van der Waals surface area contributed by atoms with Crippen LogP contribution in [0.1, 0.15) is 0 Å². The molecular weight excluding hydrogens is 677 g/mol. The summed E-state index contributed by atoms with van der Waals surface area (Å²) in [6, 6.07) is 83.1. The second-order valence-electron chi connectivity index (χ2n) is 14.1. The average Bonchev–Trinajstić information content (AvgIpc) is 3.63. The lowest BCUT2D eigenvalue weighted by Gasteiger charge is -2.31. The van der Waals surface area contributed by atoms with Crippen LogP contribution in [-0.2, 0) is 0 Å². The molecule has 0 aliphatic rings. The number of anilines is 3. The number of hydrogen-bond acceptors (Lipinski definition) is 1. The van der Waals surface area contributed by atoms with Crippen LogP contribution in [0.25, 0.3) is 72.0 Å². The van der Waals surface area contributed by atoms with Gasteiger partial charge in [-0.3, -0.25) is 0 Å². The summed E-state index contributed by atoms with van der Waals surface area (Å²) in [5.74, 6) is 0. The highest BCUT2D eigenvalue weighted by atomic mass is 15.2. The van der Waals surface area contributed by atoms with Crippen molar-refractivity contribution >= 4 is 38.9 Å². The van der Waals surface area contributed by atoms with Crippen molar-refractivity contribution in [1.29, 1.82) is 0 Å². The molecule has 0 aliphatic heterocycles. The first-order valence-electron chi connectivity index (χ1n) is 19.2. The third kappa shape index (κ3) is 5.85. The van der Waals surface area contributed by atoms with E-state index in [0.29, 0.717) is 0 Å². The molecule has 0 atom stereocenters. The van der Waals surface area contributed by atoms with Crippen molar-refractivity contribution in [2.45, 2.75) is 0 Å². The second kappa shape index (κ2) is 14.4. The minimum absolute atomic E-state index is 1.09. The van der Waals surface area contributed by atoms with Crippen molar-refractivity contribution in [2.24, 2.45) is 0 Å². The number of hydrogen-bond donors (Lipinski definition) is 0. The average molecular weight is 715 g/mol. The lowest BCUT2D eigenvalue weighted by Crippen LogP contribution is -2.13. The van der Waals surface area contributed by atoms with Gasteiger partial charge in [0.1, 0.15) is 0 Å². The quantitative estimate of drug-likeness (QED) is 0.152. The van der Waals surface area contributed by atoms with E-state index in [0.717, 1.165) is 50.5 Å². The maximum atomic E-state index is 2.49. The van der Waals surface area contributed by atoms with Gasteiger partial charge in [0.2, 0.25) is 0 Å². The van der Waals surface area contributed by atoms with Gasteiger partial charge in [-0.25, -0.2) is 0 Å². The second-order valence-corrected chi connectivity index (χ2v) is 14.1. The highest BCUT2D eigenvalue weighted by Crippen LogP contribution is 2.50. The van der Waals surface area contributed by atoms with Crippen molar-refractivity contribution in [1.82, 2.24) is 4.57 Å². The maximum Gasteiger partial charge on any atom is 0.0618 e. The van der Waals surface area contributed by atoms with Gasteiger partial charge in [-0.2, -0.15) is 0 Å². The van der Waals surface area contributed by atoms with Crippen molar-refractivity contribution in [3.63, 3.8) is 0 Å². The number of benzene rings is 9. The van der Waals surface area contributed by atoms with E-state index in [1.165, 1.54) is 38.5 Å². The van der Waals surface area contributed by atoms with Crippen LogP contribution in [0.2, 0.25) is 0 Å². The van der Waals surface area contributed by atoms with Gasteiger partial charge in [0.15, 0.2) is 0 Å². The van der Waals surface area contributed by atoms with Crippen molar-refractivity contribution in [2.75, 3.05) is 4.90 Å². The van der Waals surface area contributed by atoms with Crippen LogP contribution < -0.4 is 4.90 Å². The molecular formula is C54H38N2. The number of nitrogens with zero attached hydrogens (tertiary/aromatic N) is 2. The molecule has 0 spiro atoms. The molecule has 1 aromatic heterocycles. The van der Waals surface area contributed by atoms with Crippen molar-refractivity contribution in [3.8, 4) is 50.2 Å². The van der Waals surface area contributed by atoms with Crippen molar-refractivity contribution in [3.05, 3.63) is 231 Å². The molecule has 10 aromatic rings. The molecule has 264 valence electrons. The number of para-hydroxylation sites is 4. The Morgan fingerprint density at radius 2 is 0.750 bits per heavy atom. The Hall–Kier alpha value is -7.42. The third-order valence-electron chi connectivity index (χ3n) is 10.8. The molecule has 0 amide bonds. The summed E-state index contributed by atoms with van der Waals surface area (Å²) in [5.41, 5.74) is 16.2. The monoisotopic (exact) mass is 714 g/mol. The molecule has 2 heteroatoms. The molecule has 0 N–H and O–H groups in total. The Morgan fingerprint density at radius 1 is 0.304 bits per heavy atom. The zero-order valence-corrected chi connectivity index (χ0v) is 30.8. The molecule has 9 aromatic carbocycles. The van der Waals surface area contributed by atoms with E-state index in [2.05, 4.69) is 240 Å². The van der Waals surface area contributed by atoms with Crippen LogP contribution in [0.5, 0.6) is 0 Å². The predicted octanol–water partition coefficient (Wildman–Crippen LogP) is 14.9. The Morgan fingerprint density at radius 3 is 1.43 bits per heavy atom. The highest BCUT2D eigenvalue weighted by molar-refractivity contribution is 6.18. The van der Waals surface area contributed by atoms with Gasteiger partial charge in [0, 0.05) is 33.2 Å². The summed E-state index contributed by atoms with van der Waals surface area (Å²) >= 11 is 0. The van der Waals surface area contributed by atoms with Gasteiger partial charge >= 0.3 is 0 Å². The summed E-state index contributed by atoms with van der Waals surface area (Å²) in [6.07, 6.45) is 0. The normalized spacial score (nSPS) is 11.2. The lowest BCUT2D eigenvalue weighted by atomic mass is 9.93. The molecule has 0 bridgehead atoms. The van der Waals surface area contributed by atoms with Gasteiger partial charge < -0.3 is 9.47 Å². The molecule has 0 saturated carbocycles. The van der Waals surface area contributed by atoms with Gasteiger partial charge in [0.05, 0.1) is 28.1 Å². The minimum atomic E-state index is 1.09. The fraction of sp³-hybridized carbons (Fsp3) is 0. The Bertz CT molecular complexity index is 2930. The molecule has 10 rings (SSSR count). The molecule has 0 unspecified atom stereocenters. The van der Waals surface area contributed by atoms with E-state index in [-0.39, 0.29) is 0 Å². The number of aromatic nitrogens is 1. The minimum Gasteiger partial charge on any atom is -0.309 e. The van der Waals surface area contributed by atoms with Crippen LogP contribution in [0, 0.1) is 0 Å². The number of rotatable bonds is 8. The summed E-state index contributed by atoms with van der Waals surface area (Å²) in [4.78, 5) is 2.49. The van der Waals surface area contributed by atoms with Crippen LogP contribution in [-0.4, -0.2) is 4.57 Å². The summed E-state index contributed by atoms with van der Waals surface area (Å²) in [5, 5.41) is 2.40. The molecule has 0 aliphatic carbocycles. The largest absolute Gasteiger partial charge is 0.309 e. The highest BCUT2D eigenvalue weighted by Gasteiger charge is 2.26. The van der Waals surface area contributed by atoms with E-state index in [9.17, 15) is 0 Å². The predicted molar refractivity (Wildman–Crippen MR) is 237 cm³/mol. The van der Waals surface area contributed by atoms with Crippen LogP contribution in [0.3, 0.4) is 0 Å². The Labute approximate surface area is 327 Å². The van der Waals surface area contributed by atoms with E-state index in [1.807, 2.05) is 0 Å². The van der Waals surface area contributed by atoms with E-state index < -0.39 is 0 Å². The standard InChI is InChI=1S/C54H38N2/c1-5-19-39(20-6-1)40-35-37-43(38-36-40)47-30-17-29-46(42-23-9-3-10-24-42)54(47)55(44-25-11-4-12-26-44)51-33-18-34-52-53(51)48-28-14-16-32-50(48)56(52)49-31-15-13-27-45(49)41-21-7-2-8-22-41/h1-38H. The van der Waals surface area contributed by atoms with E-state index >= 15 is 0 Å². The molecule has 0 fully saturated rings. The van der Waals surface area contributed by atoms with Gasteiger partial charge in [-0.1, -0.05) is 194 Å². The lowest BCUT2D eigenvalue weighted by molar-refractivity contribution is 1.18. The van der Waals surface area contributed by atoms with Crippen LogP contribution in [0.4, 0.5) is 17.1 Å². The first-order chi connectivity index (χ1) is 27.8. The smallest absolute Gasteiger partial charge is 0.0618 e. The fourth-order valence-corrected chi connectivity index (χ4v) is 8.28. The van der Waals surface area contributed by atoms with Crippen LogP contribution >= 0.6 is 0 Å². The zero-order valence-electron chi connectivity index (χ0n) is 30.8. The van der Waals surface area contributed by atoms with Crippen molar-refractivity contribution < 1.29 is 0 Å². The van der Waals surface area contributed by atoms with Gasteiger partial charge in [-0.05, 0) is 64.2 Å². The van der Waals surface area contributed by atoms with Crippen LogP contribution in [0.15, 0.2) is 231 Å². The topological polar surface area (TPSA) is 8.17 Å². The first kappa shape index (κ1) is 33.2. The van der Waals surface area contributed by atoms with E-state index in [4.69, 9.17) is 0 Å². The Kier molecular flexibility index (Phi) is 8.55. The molecule has 56 heavy (non-hydrogen) atoms. The maximum absolute atomic E-state index is 2.49. The summed E-state index contributed by atoms with van der Waals surface area (Å²) in [6.45, 7) is 0. The molecule has 2 nitrogen and oxygen atoms in total. The molecule has 0 saturated heterocycles. The molecule has 1 heterocycles. The van der Waals surface area contributed by atoms with Gasteiger partial charge in [0.25, 0.3) is 0 Å². The number of fused-ring (bicyclic) bond motifs is 3. The third-order valence-corrected chi connectivity index (χ3v) is 10.8. The summed E-state index contributed by atoms with van der Waals surface area (Å²) < 4.78 is 2.45. The zero-order chi connectivity index (χ0) is 37.3. The van der Waals surface area contributed by atoms with Gasteiger partial charge in [-0.15, -0.1) is 0 Å². The molecule has 0 radical (unpaired) electrons. The SMILES string of the molecule is c1ccc(-c2ccc(-c3cccc(-c4ccccc4)c3N(c3ccccc3)c3cccc4c3c3ccccc3n4-c3ccccc3-c3ccccc3)cc2)cc1. The fourth-order valence-electron chi connectivity index (χ4n) is 8.28. The Balaban J connectivity index is 1.27.